The minimum atomic E-state index is 0.0491. The molecule has 0 aromatic rings. The van der Waals surface area contributed by atoms with E-state index >= 15 is 0 Å². The van der Waals surface area contributed by atoms with Crippen LogP contribution in [0.1, 0.15) is 40.0 Å². The Kier molecular flexibility index (Phi) is 6.34. The van der Waals surface area contributed by atoms with Crippen LogP contribution in [-0.4, -0.2) is 41.6 Å². The summed E-state index contributed by atoms with van der Waals surface area (Å²) in [6.07, 6.45) is 5.42. The lowest BCUT2D eigenvalue weighted by molar-refractivity contribution is -0.130. The molecule has 2 unspecified atom stereocenters. The number of carbonyl (C=O) groups is 1. The van der Waals surface area contributed by atoms with Gasteiger partial charge in [-0.05, 0) is 37.2 Å². The Hall–Kier alpha value is -0.220. The second-order valence-electron chi connectivity index (χ2n) is 5.15. The zero-order chi connectivity index (χ0) is 12.8. The number of hydrogen-bond donors (Lipinski definition) is 1. The second kappa shape index (κ2) is 7.27. The summed E-state index contributed by atoms with van der Waals surface area (Å²) in [5, 5.41) is 3.47. The molecule has 0 aliphatic carbocycles. The van der Waals surface area contributed by atoms with Crippen molar-refractivity contribution in [3.05, 3.63) is 0 Å². The lowest BCUT2D eigenvalue weighted by Crippen LogP contribution is -2.39. The first-order valence-corrected chi connectivity index (χ1v) is 8.05. The van der Waals surface area contributed by atoms with Crippen molar-refractivity contribution >= 4 is 17.7 Å². The Labute approximate surface area is 110 Å². The molecule has 17 heavy (non-hydrogen) atoms. The SMILES string of the molecule is CCC1NC(CC(C)C)N(CCCSC)C1=O. The van der Waals surface area contributed by atoms with E-state index in [1.807, 2.05) is 11.8 Å². The van der Waals surface area contributed by atoms with Gasteiger partial charge in [0.25, 0.3) is 0 Å². The molecular formula is C13H26N2OS. The first-order valence-electron chi connectivity index (χ1n) is 6.65. The van der Waals surface area contributed by atoms with E-state index in [0.717, 1.165) is 31.6 Å². The van der Waals surface area contributed by atoms with E-state index in [-0.39, 0.29) is 12.2 Å². The molecule has 1 amide bonds. The lowest BCUT2D eigenvalue weighted by atomic mass is 10.1. The standard InChI is InChI=1S/C13H26N2OS/c1-5-11-13(16)15(7-6-8-17-4)12(14-11)9-10(2)3/h10-12,14H,5-9H2,1-4H3. The van der Waals surface area contributed by atoms with Crippen LogP contribution in [0, 0.1) is 5.92 Å². The van der Waals surface area contributed by atoms with Crippen LogP contribution in [0.5, 0.6) is 0 Å². The second-order valence-corrected chi connectivity index (χ2v) is 6.14. The molecule has 0 saturated carbocycles. The fourth-order valence-electron chi connectivity index (χ4n) is 2.33. The summed E-state index contributed by atoms with van der Waals surface area (Å²) in [6.45, 7) is 7.41. The van der Waals surface area contributed by atoms with E-state index in [1.54, 1.807) is 0 Å². The van der Waals surface area contributed by atoms with Crippen LogP contribution in [0.25, 0.3) is 0 Å². The maximum Gasteiger partial charge on any atom is 0.241 e. The van der Waals surface area contributed by atoms with Gasteiger partial charge in [0.2, 0.25) is 5.91 Å². The normalized spacial score (nSPS) is 25.0. The monoisotopic (exact) mass is 258 g/mol. The summed E-state index contributed by atoms with van der Waals surface area (Å²) in [4.78, 5) is 14.2. The molecule has 1 aliphatic rings. The molecule has 1 N–H and O–H groups in total. The largest absolute Gasteiger partial charge is 0.326 e. The van der Waals surface area contributed by atoms with Gasteiger partial charge in [-0.15, -0.1) is 0 Å². The molecule has 2 atom stereocenters. The highest BCUT2D eigenvalue weighted by Crippen LogP contribution is 2.19. The Morgan fingerprint density at radius 1 is 1.47 bits per heavy atom. The molecule has 1 heterocycles. The van der Waals surface area contributed by atoms with E-state index in [0.29, 0.717) is 11.8 Å². The summed E-state index contributed by atoms with van der Waals surface area (Å²) >= 11 is 1.85. The summed E-state index contributed by atoms with van der Waals surface area (Å²) in [6, 6.07) is 0.0491. The van der Waals surface area contributed by atoms with Crippen molar-refractivity contribution in [3.8, 4) is 0 Å². The van der Waals surface area contributed by atoms with Gasteiger partial charge in [0, 0.05) is 6.54 Å². The Morgan fingerprint density at radius 3 is 2.71 bits per heavy atom. The zero-order valence-corrected chi connectivity index (χ0v) is 12.3. The van der Waals surface area contributed by atoms with Crippen LogP contribution in [0.4, 0.5) is 0 Å². The van der Waals surface area contributed by atoms with Crippen molar-refractivity contribution in [2.45, 2.75) is 52.2 Å². The van der Waals surface area contributed by atoms with Gasteiger partial charge in [-0.1, -0.05) is 20.8 Å². The van der Waals surface area contributed by atoms with Crippen LogP contribution in [0.2, 0.25) is 0 Å². The average Bonchev–Trinajstić information content (AvgIpc) is 2.56. The van der Waals surface area contributed by atoms with Crippen molar-refractivity contribution in [2.75, 3.05) is 18.6 Å². The summed E-state index contributed by atoms with van der Waals surface area (Å²) in [5.74, 6) is 2.06. The Bertz CT molecular complexity index is 246. The number of carbonyl (C=O) groups excluding carboxylic acids is 1. The predicted molar refractivity (Wildman–Crippen MR) is 75.2 cm³/mol. The minimum absolute atomic E-state index is 0.0491. The average molecular weight is 258 g/mol. The maximum atomic E-state index is 12.2. The molecule has 0 spiro atoms. The highest BCUT2D eigenvalue weighted by molar-refractivity contribution is 7.98. The van der Waals surface area contributed by atoms with Crippen LogP contribution in [0.3, 0.4) is 0 Å². The highest BCUT2D eigenvalue weighted by atomic mass is 32.2. The van der Waals surface area contributed by atoms with E-state index in [4.69, 9.17) is 0 Å². The molecule has 100 valence electrons. The van der Waals surface area contributed by atoms with Gasteiger partial charge >= 0.3 is 0 Å². The molecule has 1 fully saturated rings. The third-order valence-corrected chi connectivity index (χ3v) is 3.90. The fourth-order valence-corrected chi connectivity index (χ4v) is 2.74. The van der Waals surface area contributed by atoms with E-state index in [1.165, 1.54) is 0 Å². The van der Waals surface area contributed by atoms with E-state index in [9.17, 15) is 4.79 Å². The quantitative estimate of drug-likeness (QED) is 0.711. The number of rotatable bonds is 7. The van der Waals surface area contributed by atoms with Crippen LogP contribution >= 0.6 is 11.8 Å². The molecule has 0 aromatic heterocycles. The van der Waals surface area contributed by atoms with Gasteiger partial charge in [-0.2, -0.15) is 11.8 Å². The van der Waals surface area contributed by atoms with Crippen molar-refractivity contribution in [1.82, 2.24) is 10.2 Å². The maximum absolute atomic E-state index is 12.2. The predicted octanol–water partition coefficient (Wildman–Crippen LogP) is 2.32. The highest BCUT2D eigenvalue weighted by Gasteiger charge is 2.37. The van der Waals surface area contributed by atoms with E-state index < -0.39 is 0 Å². The Morgan fingerprint density at radius 2 is 2.18 bits per heavy atom. The molecule has 1 aliphatic heterocycles. The molecule has 1 saturated heterocycles. The number of nitrogens with zero attached hydrogens (tertiary/aromatic N) is 1. The molecule has 0 bridgehead atoms. The zero-order valence-electron chi connectivity index (χ0n) is 11.5. The topological polar surface area (TPSA) is 32.3 Å². The summed E-state index contributed by atoms with van der Waals surface area (Å²) in [5.41, 5.74) is 0. The number of amides is 1. The first kappa shape index (κ1) is 14.8. The van der Waals surface area contributed by atoms with Gasteiger partial charge in [0.1, 0.15) is 0 Å². The van der Waals surface area contributed by atoms with Gasteiger partial charge < -0.3 is 4.90 Å². The van der Waals surface area contributed by atoms with Crippen molar-refractivity contribution in [3.63, 3.8) is 0 Å². The number of nitrogens with one attached hydrogen (secondary N) is 1. The molecule has 4 heteroatoms. The Balaban J connectivity index is 2.56. The minimum Gasteiger partial charge on any atom is -0.326 e. The van der Waals surface area contributed by atoms with Crippen LogP contribution in [0.15, 0.2) is 0 Å². The smallest absolute Gasteiger partial charge is 0.241 e. The van der Waals surface area contributed by atoms with Gasteiger partial charge in [0.15, 0.2) is 0 Å². The molecule has 0 aromatic carbocycles. The summed E-state index contributed by atoms with van der Waals surface area (Å²) in [7, 11) is 0. The first-order chi connectivity index (χ1) is 8.10. The van der Waals surface area contributed by atoms with Crippen LogP contribution < -0.4 is 5.32 Å². The van der Waals surface area contributed by atoms with Crippen molar-refractivity contribution in [1.29, 1.82) is 0 Å². The number of thioether (sulfide) groups is 1. The van der Waals surface area contributed by atoms with Gasteiger partial charge in [-0.3, -0.25) is 10.1 Å². The molecule has 3 nitrogen and oxygen atoms in total. The third kappa shape index (κ3) is 4.18. The molecule has 0 radical (unpaired) electrons. The lowest BCUT2D eigenvalue weighted by Gasteiger charge is -2.25. The van der Waals surface area contributed by atoms with Gasteiger partial charge in [0.05, 0.1) is 12.2 Å². The third-order valence-electron chi connectivity index (χ3n) is 3.20. The molecule has 1 rings (SSSR count). The van der Waals surface area contributed by atoms with Crippen LogP contribution in [-0.2, 0) is 4.79 Å². The van der Waals surface area contributed by atoms with E-state index in [2.05, 4.69) is 37.2 Å². The molecular weight excluding hydrogens is 232 g/mol. The fraction of sp³-hybridized carbons (Fsp3) is 0.923. The number of hydrogen-bond acceptors (Lipinski definition) is 3. The van der Waals surface area contributed by atoms with Crippen molar-refractivity contribution in [2.24, 2.45) is 5.92 Å². The van der Waals surface area contributed by atoms with Gasteiger partial charge in [-0.25, -0.2) is 0 Å². The summed E-state index contributed by atoms with van der Waals surface area (Å²) < 4.78 is 0. The van der Waals surface area contributed by atoms with Crippen molar-refractivity contribution < 1.29 is 4.79 Å².